The third-order valence-corrected chi connectivity index (χ3v) is 5.52. The molecule has 23 heavy (non-hydrogen) atoms. The second-order valence-corrected chi connectivity index (χ2v) is 7.19. The van der Waals surface area contributed by atoms with Crippen LogP contribution in [-0.4, -0.2) is 17.0 Å². The Labute approximate surface area is 138 Å². The van der Waals surface area contributed by atoms with Gasteiger partial charge < -0.3 is 15.8 Å². The lowest BCUT2D eigenvalue weighted by Crippen LogP contribution is -2.23. The standard InChI is InChI=1S/C17H19N3O2S/c18-17-20-16-15(23-17)12(9-14(21)19-16)11-7-3-4-8-13(11)22-10-5-1-2-6-10/h3-4,7-8,10,12H,1-2,5-6,9H2,(H2,18,20)(H,19,21)/t12-/m1/s1. The van der Waals surface area contributed by atoms with Crippen LogP contribution >= 0.6 is 11.3 Å². The Morgan fingerprint density at radius 2 is 2.04 bits per heavy atom. The van der Waals surface area contributed by atoms with Gasteiger partial charge in [-0.2, -0.15) is 0 Å². The van der Waals surface area contributed by atoms with Gasteiger partial charge in [-0.05, 0) is 31.7 Å². The maximum Gasteiger partial charge on any atom is 0.226 e. The lowest BCUT2D eigenvalue weighted by molar-refractivity contribution is -0.116. The fraction of sp³-hybridized carbons (Fsp3) is 0.412. The highest BCUT2D eigenvalue weighted by Gasteiger charge is 2.32. The quantitative estimate of drug-likeness (QED) is 0.903. The first-order valence-electron chi connectivity index (χ1n) is 8.02. The summed E-state index contributed by atoms with van der Waals surface area (Å²) in [4.78, 5) is 17.3. The number of thiazole rings is 1. The van der Waals surface area contributed by atoms with E-state index in [9.17, 15) is 4.79 Å². The molecule has 1 aromatic heterocycles. The van der Waals surface area contributed by atoms with Gasteiger partial charge in [0.2, 0.25) is 5.91 Å². The maximum absolute atomic E-state index is 12.0. The molecule has 1 aromatic carbocycles. The van der Waals surface area contributed by atoms with E-state index in [-0.39, 0.29) is 11.8 Å². The van der Waals surface area contributed by atoms with Gasteiger partial charge in [-0.25, -0.2) is 4.98 Å². The molecular formula is C17H19N3O2S. The average Bonchev–Trinajstić information content (AvgIpc) is 3.15. The summed E-state index contributed by atoms with van der Waals surface area (Å²) < 4.78 is 6.24. The fourth-order valence-electron chi connectivity index (χ4n) is 3.45. The van der Waals surface area contributed by atoms with Crippen LogP contribution in [0.3, 0.4) is 0 Å². The molecular weight excluding hydrogens is 310 g/mol. The van der Waals surface area contributed by atoms with Gasteiger partial charge >= 0.3 is 0 Å². The molecule has 1 saturated carbocycles. The molecule has 0 bridgehead atoms. The van der Waals surface area contributed by atoms with Crippen LogP contribution < -0.4 is 15.8 Å². The Morgan fingerprint density at radius 1 is 1.26 bits per heavy atom. The average molecular weight is 329 g/mol. The summed E-state index contributed by atoms with van der Waals surface area (Å²) in [5.41, 5.74) is 6.89. The zero-order valence-corrected chi connectivity index (χ0v) is 13.6. The third-order valence-electron chi connectivity index (χ3n) is 4.52. The number of hydrogen-bond donors (Lipinski definition) is 2. The van der Waals surface area contributed by atoms with Crippen LogP contribution in [0.25, 0.3) is 0 Å². The number of anilines is 2. The number of ether oxygens (including phenoxy) is 1. The summed E-state index contributed by atoms with van der Waals surface area (Å²) in [7, 11) is 0. The van der Waals surface area contributed by atoms with Gasteiger partial charge in [0.15, 0.2) is 5.13 Å². The SMILES string of the molecule is Nc1nc2c(s1)[C@@H](c1ccccc1OC1CCCC1)CC(=O)N2. The number of amides is 1. The number of fused-ring (bicyclic) bond motifs is 1. The number of nitrogens with one attached hydrogen (secondary N) is 1. The molecule has 1 amide bonds. The molecule has 3 N–H and O–H groups in total. The Balaban J connectivity index is 1.71. The lowest BCUT2D eigenvalue weighted by atomic mass is 9.91. The zero-order valence-electron chi connectivity index (χ0n) is 12.7. The molecule has 0 unspecified atom stereocenters. The summed E-state index contributed by atoms with van der Waals surface area (Å²) in [6.07, 6.45) is 5.37. The fourth-order valence-corrected chi connectivity index (χ4v) is 4.36. The van der Waals surface area contributed by atoms with E-state index in [4.69, 9.17) is 10.5 Å². The van der Waals surface area contributed by atoms with E-state index in [1.165, 1.54) is 24.2 Å². The Kier molecular flexibility index (Phi) is 3.69. The van der Waals surface area contributed by atoms with Gasteiger partial charge in [-0.1, -0.05) is 29.5 Å². The summed E-state index contributed by atoms with van der Waals surface area (Å²) >= 11 is 1.44. The number of para-hydroxylation sites is 1. The minimum atomic E-state index is -0.0360. The number of carbonyl (C=O) groups is 1. The predicted molar refractivity (Wildman–Crippen MR) is 90.9 cm³/mol. The number of nitrogen functional groups attached to an aromatic ring is 1. The second-order valence-electron chi connectivity index (χ2n) is 6.13. The monoisotopic (exact) mass is 329 g/mol. The van der Waals surface area contributed by atoms with Crippen LogP contribution in [0.4, 0.5) is 10.9 Å². The zero-order chi connectivity index (χ0) is 15.8. The molecule has 0 radical (unpaired) electrons. The van der Waals surface area contributed by atoms with E-state index in [2.05, 4.69) is 10.3 Å². The van der Waals surface area contributed by atoms with Gasteiger partial charge in [0.05, 0.1) is 11.0 Å². The van der Waals surface area contributed by atoms with Crippen LogP contribution in [0.15, 0.2) is 24.3 Å². The molecule has 0 spiro atoms. The number of hydrogen-bond acceptors (Lipinski definition) is 5. The second kappa shape index (κ2) is 5.85. The van der Waals surface area contributed by atoms with Crippen LogP contribution in [-0.2, 0) is 4.79 Å². The van der Waals surface area contributed by atoms with Crippen LogP contribution in [0.5, 0.6) is 5.75 Å². The number of benzene rings is 1. The Morgan fingerprint density at radius 3 is 2.87 bits per heavy atom. The number of nitrogens with two attached hydrogens (primary N) is 1. The van der Waals surface area contributed by atoms with Crippen molar-refractivity contribution < 1.29 is 9.53 Å². The first kappa shape index (κ1) is 14.5. The summed E-state index contributed by atoms with van der Waals surface area (Å²) in [5.74, 6) is 1.43. The molecule has 2 aromatic rings. The van der Waals surface area contributed by atoms with E-state index in [0.717, 1.165) is 29.0 Å². The van der Waals surface area contributed by atoms with Crippen molar-refractivity contribution in [1.82, 2.24) is 4.98 Å². The molecule has 1 atom stereocenters. The minimum absolute atomic E-state index is 0.0246. The first-order chi connectivity index (χ1) is 11.2. The normalized spacial score (nSPS) is 21.0. The third kappa shape index (κ3) is 2.79. The van der Waals surface area contributed by atoms with E-state index in [1.807, 2.05) is 24.3 Å². The predicted octanol–water partition coefficient (Wildman–Crippen LogP) is 3.52. The van der Waals surface area contributed by atoms with Crippen LogP contribution in [0, 0.1) is 0 Å². The van der Waals surface area contributed by atoms with Crippen molar-refractivity contribution in [2.24, 2.45) is 0 Å². The van der Waals surface area contributed by atoms with Crippen LogP contribution in [0.1, 0.15) is 48.5 Å². The number of nitrogens with zero attached hydrogens (tertiary/aromatic N) is 1. The summed E-state index contributed by atoms with van der Waals surface area (Å²) in [6.45, 7) is 0. The van der Waals surface area contributed by atoms with Crippen molar-refractivity contribution in [3.63, 3.8) is 0 Å². The highest BCUT2D eigenvalue weighted by atomic mass is 32.1. The van der Waals surface area contributed by atoms with Gasteiger partial charge in [0.25, 0.3) is 0 Å². The number of carbonyl (C=O) groups excluding carboxylic acids is 1. The lowest BCUT2D eigenvalue weighted by Gasteiger charge is -2.25. The van der Waals surface area contributed by atoms with Crippen LogP contribution in [0.2, 0.25) is 0 Å². The minimum Gasteiger partial charge on any atom is -0.490 e. The molecule has 1 aliphatic carbocycles. The largest absolute Gasteiger partial charge is 0.490 e. The molecule has 2 aliphatic rings. The van der Waals surface area contributed by atoms with E-state index < -0.39 is 0 Å². The molecule has 5 nitrogen and oxygen atoms in total. The molecule has 4 rings (SSSR count). The number of aromatic nitrogens is 1. The number of rotatable bonds is 3. The summed E-state index contributed by atoms with van der Waals surface area (Å²) in [5, 5.41) is 3.30. The van der Waals surface area contributed by atoms with E-state index >= 15 is 0 Å². The van der Waals surface area contributed by atoms with Crippen molar-refractivity contribution >= 4 is 28.2 Å². The van der Waals surface area contributed by atoms with Gasteiger partial charge in [-0.15, -0.1) is 0 Å². The van der Waals surface area contributed by atoms with Gasteiger partial charge in [0, 0.05) is 17.9 Å². The van der Waals surface area contributed by atoms with Gasteiger partial charge in [0.1, 0.15) is 11.6 Å². The Hall–Kier alpha value is -2.08. The van der Waals surface area contributed by atoms with E-state index in [1.54, 1.807) is 0 Å². The van der Waals surface area contributed by atoms with Crippen molar-refractivity contribution in [1.29, 1.82) is 0 Å². The molecule has 120 valence electrons. The Bertz CT molecular complexity index is 737. The smallest absolute Gasteiger partial charge is 0.226 e. The molecule has 2 heterocycles. The van der Waals surface area contributed by atoms with Crippen molar-refractivity contribution in [2.45, 2.75) is 44.1 Å². The molecule has 1 fully saturated rings. The first-order valence-corrected chi connectivity index (χ1v) is 8.84. The highest BCUT2D eigenvalue weighted by Crippen LogP contribution is 2.44. The molecule has 6 heteroatoms. The maximum atomic E-state index is 12.0. The topological polar surface area (TPSA) is 77.2 Å². The van der Waals surface area contributed by atoms with Gasteiger partial charge in [-0.3, -0.25) is 4.79 Å². The van der Waals surface area contributed by atoms with Crippen molar-refractivity contribution in [2.75, 3.05) is 11.1 Å². The summed E-state index contributed by atoms with van der Waals surface area (Å²) in [6, 6.07) is 8.03. The highest BCUT2D eigenvalue weighted by molar-refractivity contribution is 7.16. The molecule has 0 saturated heterocycles. The van der Waals surface area contributed by atoms with E-state index in [0.29, 0.717) is 23.5 Å². The van der Waals surface area contributed by atoms with Crippen molar-refractivity contribution in [3.8, 4) is 5.75 Å². The van der Waals surface area contributed by atoms with Crippen molar-refractivity contribution in [3.05, 3.63) is 34.7 Å². The molecule has 1 aliphatic heterocycles.